The minimum Gasteiger partial charge on any atom is -0.469 e. The van der Waals surface area contributed by atoms with Gasteiger partial charge in [0.05, 0.1) is 19.8 Å². The van der Waals surface area contributed by atoms with E-state index in [1.54, 1.807) is 0 Å². The van der Waals surface area contributed by atoms with Crippen molar-refractivity contribution < 1.29 is 14.3 Å². The molecule has 1 saturated heterocycles. The molecule has 2 N–H and O–H groups in total. The van der Waals surface area contributed by atoms with Crippen LogP contribution in [0.4, 0.5) is 0 Å². The Balaban J connectivity index is 2.12. The van der Waals surface area contributed by atoms with E-state index in [1.165, 1.54) is 7.11 Å². The lowest BCUT2D eigenvalue weighted by atomic mass is 10.2. The van der Waals surface area contributed by atoms with Crippen LogP contribution >= 0.6 is 0 Å². The van der Waals surface area contributed by atoms with E-state index in [9.17, 15) is 4.79 Å². The highest BCUT2D eigenvalue weighted by Crippen LogP contribution is 2.11. The predicted molar refractivity (Wildman–Crippen MR) is 83.4 cm³/mol. The number of hydrogen-bond acceptors (Lipinski definition) is 4. The van der Waals surface area contributed by atoms with Crippen LogP contribution < -0.4 is 10.6 Å². The third-order valence-electron chi connectivity index (χ3n) is 3.40. The summed E-state index contributed by atoms with van der Waals surface area (Å²) in [6.45, 7) is 5.35. The third-order valence-corrected chi connectivity index (χ3v) is 3.40. The van der Waals surface area contributed by atoms with Crippen molar-refractivity contribution in [2.24, 2.45) is 4.99 Å². The summed E-state index contributed by atoms with van der Waals surface area (Å²) in [5.74, 6) is 0.718. The van der Waals surface area contributed by atoms with Crippen LogP contribution in [-0.4, -0.2) is 51.4 Å². The van der Waals surface area contributed by atoms with Gasteiger partial charge in [0.1, 0.15) is 0 Å². The highest BCUT2D eigenvalue weighted by atomic mass is 16.5. The fraction of sp³-hybridized carbons (Fsp3) is 0.867. The van der Waals surface area contributed by atoms with E-state index in [0.29, 0.717) is 6.42 Å². The number of aliphatic imine (C=N–C) groups is 1. The number of carbonyl (C=O) groups excluding carboxylic acids is 1. The summed E-state index contributed by atoms with van der Waals surface area (Å²) in [4.78, 5) is 15.5. The summed E-state index contributed by atoms with van der Waals surface area (Å²) in [7, 11) is 1.43. The molecule has 0 saturated carbocycles. The number of carbonyl (C=O) groups is 1. The minimum absolute atomic E-state index is 0.130. The first kappa shape index (κ1) is 17.8. The number of nitrogens with one attached hydrogen (secondary N) is 2. The van der Waals surface area contributed by atoms with Crippen LogP contribution in [0.5, 0.6) is 0 Å². The van der Waals surface area contributed by atoms with E-state index in [-0.39, 0.29) is 12.1 Å². The lowest BCUT2D eigenvalue weighted by Gasteiger charge is -2.12. The molecule has 0 aromatic carbocycles. The van der Waals surface area contributed by atoms with Gasteiger partial charge in [0.2, 0.25) is 0 Å². The topological polar surface area (TPSA) is 72.0 Å². The molecule has 1 unspecified atom stereocenters. The highest BCUT2D eigenvalue weighted by molar-refractivity contribution is 5.79. The average Bonchev–Trinajstić information content (AvgIpc) is 3.01. The number of rotatable bonds is 9. The van der Waals surface area contributed by atoms with Crippen LogP contribution in [0.2, 0.25) is 0 Å². The Kier molecular flexibility index (Phi) is 9.61. The number of nitrogens with zero attached hydrogens (tertiary/aromatic N) is 1. The van der Waals surface area contributed by atoms with Gasteiger partial charge in [-0.1, -0.05) is 6.42 Å². The Morgan fingerprint density at radius 2 is 2.19 bits per heavy atom. The van der Waals surface area contributed by atoms with Crippen molar-refractivity contribution in [2.75, 3.05) is 33.4 Å². The van der Waals surface area contributed by atoms with E-state index in [0.717, 1.165) is 64.3 Å². The largest absolute Gasteiger partial charge is 0.469 e. The fourth-order valence-corrected chi connectivity index (χ4v) is 2.20. The third kappa shape index (κ3) is 8.55. The first-order valence-corrected chi connectivity index (χ1v) is 7.96. The van der Waals surface area contributed by atoms with Crippen LogP contribution in [0.25, 0.3) is 0 Å². The summed E-state index contributed by atoms with van der Waals surface area (Å²) >= 11 is 0. The van der Waals surface area contributed by atoms with Gasteiger partial charge in [0.25, 0.3) is 0 Å². The van der Waals surface area contributed by atoms with E-state index in [4.69, 9.17) is 4.74 Å². The number of ether oxygens (including phenoxy) is 2. The zero-order valence-electron chi connectivity index (χ0n) is 13.3. The van der Waals surface area contributed by atoms with Crippen molar-refractivity contribution >= 4 is 11.9 Å². The lowest BCUT2D eigenvalue weighted by Crippen LogP contribution is -2.38. The van der Waals surface area contributed by atoms with Crippen LogP contribution in [0.1, 0.15) is 45.4 Å². The molecule has 0 radical (unpaired) electrons. The maximum Gasteiger partial charge on any atom is 0.305 e. The molecule has 6 heteroatoms. The van der Waals surface area contributed by atoms with Gasteiger partial charge in [0.15, 0.2) is 5.96 Å². The summed E-state index contributed by atoms with van der Waals surface area (Å²) < 4.78 is 10.2. The second-order valence-corrected chi connectivity index (χ2v) is 5.17. The van der Waals surface area contributed by atoms with Gasteiger partial charge < -0.3 is 20.1 Å². The van der Waals surface area contributed by atoms with Gasteiger partial charge in [-0.15, -0.1) is 0 Å². The van der Waals surface area contributed by atoms with Gasteiger partial charge in [0, 0.05) is 26.1 Å². The van der Waals surface area contributed by atoms with E-state index >= 15 is 0 Å². The van der Waals surface area contributed by atoms with Gasteiger partial charge in [-0.05, 0) is 32.6 Å². The second-order valence-electron chi connectivity index (χ2n) is 5.17. The second kappa shape index (κ2) is 11.4. The molecule has 0 aromatic heterocycles. The van der Waals surface area contributed by atoms with Crippen LogP contribution in [-0.2, 0) is 14.3 Å². The SMILES string of the molecule is CCNC(=NCC1CCCO1)NCCCCCC(=O)OC. The van der Waals surface area contributed by atoms with Crippen molar-refractivity contribution in [3.63, 3.8) is 0 Å². The molecular weight excluding hydrogens is 270 g/mol. The molecule has 0 aliphatic carbocycles. The summed E-state index contributed by atoms with van der Waals surface area (Å²) in [6, 6.07) is 0. The van der Waals surface area contributed by atoms with Crippen molar-refractivity contribution in [1.82, 2.24) is 10.6 Å². The number of esters is 1. The monoisotopic (exact) mass is 299 g/mol. The van der Waals surface area contributed by atoms with Crippen LogP contribution in [0.3, 0.4) is 0 Å². The molecule has 6 nitrogen and oxygen atoms in total. The Hall–Kier alpha value is -1.30. The predicted octanol–water partition coefficient (Wildman–Crippen LogP) is 1.45. The normalized spacial score (nSPS) is 18.6. The van der Waals surface area contributed by atoms with Crippen LogP contribution in [0, 0.1) is 0 Å². The number of hydrogen-bond donors (Lipinski definition) is 2. The first-order valence-electron chi connectivity index (χ1n) is 7.96. The summed E-state index contributed by atoms with van der Waals surface area (Å²) in [6.07, 6.45) is 5.93. The van der Waals surface area contributed by atoms with Crippen molar-refractivity contribution in [2.45, 2.75) is 51.6 Å². The smallest absolute Gasteiger partial charge is 0.305 e. The van der Waals surface area contributed by atoms with Gasteiger partial charge in [-0.3, -0.25) is 9.79 Å². The van der Waals surface area contributed by atoms with E-state index < -0.39 is 0 Å². The molecule has 0 spiro atoms. The quantitative estimate of drug-likeness (QED) is 0.292. The highest BCUT2D eigenvalue weighted by Gasteiger charge is 2.14. The maximum atomic E-state index is 11.0. The molecule has 1 fully saturated rings. The van der Waals surface area contributed by atoms with E-state index in [1.807, 2.05) is 0 Å². The minimum atomic E-state index is -0.130. The molecule has 1 aliphatic heterocycles. The zero-order valence-corrected chi connectivity index (χ0v) is 13.3. The van der Waals surface area contributed by atoms with Crippen molar-refractivity contribution in [3.8, 4) is 0 Å². The molecule has 0 bridgehead atoms. The molecule has 122 valence electrons. The Labute approximate surface area is 127 Å². The Morgan fingerprint density at radius 3 is 2.86 bits per heavy atom. The average molecular weight is 299 g/mol. The zero-order chi connectivity index (χ0) is 15.3. The van der Waals surface area contributed by atoms with Crippen molar-refractivity contribution in [1.29, 1.82) is 0 Å². The summed E-state index contributed by atoms with van der Waals surface area (Å²) in [5.41, 5.74) is 0. The molecular formula is C15H29N3O3. The standard InChI is InChI=1S/C15H29N3O3/c1-3-16-15(18-12-13-8-7-11-21-13)17-10-6-4-5-9-14(19)20-2/h13H,3-12H2,1-2H3,(H2,16,17,18). The fourth-order valence-electron chi connectivity index (χ4n) is 2.20. The van der Waals surface area contributed by atoms with Gasteiger partial charge >= 0.3 is 5.97 Å². The molecule has 1 atom stereocenters. The van der Waals surface area contributed by atoms with Crippen LogP contribution in [0.15, 0.2) is 4.99 Å². The number of unbranched alkanes of at least 4 members (excludes halogenated alkanes) is 2. The lowest BCUT2D eigenvalue weighted by molar-refractivity contribution is -0.140. The molecule has 0 amide bonds. The molecule has 1 aliphatic rings. The Morgan fingerprint density at radius 1 is 1.33 bits per heavy atom. The van der Waals surface area contributed by atoms with Crippen molar-refractivity contribution in [3.05, 3.63) is 0 Å². The molecule has 0 aromatic rings. The van der Waals surface area contributed by atoms with Gasteiger partial charge in [-0.25, -0.2) is 0 Å². The summed E-state index contributed by atoms with van der Waals surface area (Å²) in [5, 5.41) is 6.55. The molecule has 1 heterocycles. The maximum absolute atomic E-state index is 11.0. The number of methoxy groups -OCH3 is 1. The Bertz CT molecular complexity index is 315. The number of guanidine groups is 1. The van der Waals surface area contributed by atoms with Gasteiger partial charge in [-0.2, -0.15) is 0 Å². The molecule has 21 heavy (non-hydrogen) atoms. The van der Waals surface area contributed by atoms with E-state index in [2.05, 4.69) is 27.3 Å². The first-order chi connectivity index (χ1) is 10.3. The molecule has 1 rings (SSSR count).